The largest absolute Gasteiger partial charge is 0.367 e. The van der Waals surface area contributed by atoms with Crippen molar-refractivity contribution in [1.82, 2.24) is 19.9 Å². The van der Waals surface area contributed by atoms with Gasteiger partial charge >= 0.3 is 0 Å². The van der Waals surface area contributed by atoms with E-state index in [1.807, 2.05) is 53.4 Å². The summed E-state index contributed by atoms with van der Waals surface area (Å²) in [6.45, 7) is 5.10. The Kier molecular flexibility index (Phi) is 7.61. The Morgan fingerprint density at radius 2 is 1.61 bits per heavy atom. The maximum atomic E-state index is 13.5. The number of aromatic nitrogens is 3. The molecular formula is C31H28ClN5O. The van der Waals surface area contributed by atoms with E-state index < -0.39 is 0 Å². The highest BCUT2D eigenvalue weighted by Crippen LogP contribution is 2.28. The minimum atomic E-state index is -0.101. The van der Waals surface area contributed by atoms with Crippen molar-refractivity contribution in [2.45, 2.75) is 33.0 Å². The van der Waals surface area contributed by atoms with Crippen LogP contribution < -0.4 is 5.32 Å². The molecule has 0 aliphatic carbocycles. The summed E-state index contributed by atoms with van der Waals surface area (Å²) < 4.78 is 0. The number of halogens is 1. The molecule has 1 N–H and O–H groups in total. The van der Waals surface area contributed by atoms with Crippen molar-refractivity contribution >= 4 is 34.2 Å². The first kappa shape index (κ1) is 25.4. The Hall–Kier alpha value is -4.29. The third-order valence-electron chi connectivity index (χ3n) is 6.17. The minimum absolute atomic E-state index is 0.101. The van der Waals surface area contributed by atoms with E-state index in [2.05, 4.69) is 58.4 Å². The predicted molar refractivity (Wildman–Crippen MR) is 153 cm³/mol. The van der Waals surface area contributed by atoms with E-state index in [0.717, 1.165) is 39.0 Å². The van der Waals surface area contributed by atoms with Crippen molar-refractivity contribution in [1.29, 1.82) is 0 Å². The zero-order valence-electron chi connectivity index (χ0n) is 21.3. The van der Waals surface area contributed by atoms with Gasteiger partial charge in [-0.25, -0.2) is 15.0 Å². The molecule has 2 aromatic heterocycles. The van der Waals surface area contributed by atoms with Crippen molar-refractivity contribution in [3.63, 3.8) is 0 Å². The van der Waals surface area contributed by atoms with Crippen LogP contribution in [0.1, 0.15) is 35.3 Å². The second-order valence-electron chi connectivity index (χ2n) is 9.47. The van der Waals surface area contributed by atoms with Gasteiger partial charge in [-0.1, -0.05) is 66.2 Å². The van der Waals surface area contributed by atoms with Gasteiger partial charge in [0.2, 0.25) is 0 Å². The van der Waals surface area contributed by atoms with Crippen LogP contribution in [0, 0.1) is 0 Å². The number of carbonyl (C=O) groups excluding carboxylic acids is 1. The summed E-state index contributed by atoms with van der Waals surface area (Å²) in [5, 5.41) is 4.74. The first-order valence-corrected chi connectivity index (χ1v) is 12.9. The number of nitrogens with zero attached hydrogens (tertiary/aromatic N) is 4. The van der Waals surface area contributed by atoms with Gasteiger partial charge < -0.3 is 10.2 Å². The second-order valence-corrected chi connectivity index (χ2v) is 9.86. The second kappa shape index (κ2) is 11.4. The number of fused-ring (bicyclic) bond motifs is 1. The van der Waals surface area contributed by atoms with Crippen LogP contribution in [-0.4, -0.2) is 31.8 Å². The topological polar surface area (TPSA) is 71.0 Å². The third-order valence-corrected chi connectivity index (χ3v) is 6.40. The molecule has 0 spiro atoms. The summed E-state index contributed by atoms with van der Waals surface area (Å²) in [5.74, 6) is 0.717. The molecule has 190 valence electrons. The van der Waals surface area contributed by atoms with Crippen LogP contribution in [0.3, 0.4) is 0 Å². The Morgan fingerprint density at radius 1 is 0.842 bits per heavy atom. The number of rotatable bonds is 8. The Morgan fingerprint density at radius 3 is 2.37 bits per heavy atom. The molecule has 6 nitrogen and oxygen atoms in total. The number of anilines is 1. The molecule has 5 aromatic rings. The lowest BCUT2D eigenvalue weighted by Gasteiger charge is -2.23. The zero-order chi connectivity index (χ0) is 26.5. The lowest BCUT2D eigenvalue weighted by atomic mass is 10.0. The van der Waals surface area contributed by atoms with E-state index in [-0.39, 0.29) is 11.9 Å². The van der Waals surface area contributed by atoms with E-state index in [4.69, 9.17) is 11.6 Å². The van der Waals surface area contributed by atoms with Gasteiger partial charge in [0.25, 0.3) is 5.91 Å². The molecule has 0 atom stereocenters. The summed E-state index contributed by atoms with van der Waals surface area (Å²) in [6, 6.07) is 28.1. The zero-order valence-corrected chi connectivity index (χ0v) is 22.1. The monoisotopic (exact) mass is 521 g/mol. The fraction of sp³-hybridized carbons (Fsp3) is 0.161. The maximum Gasteiger partial charge on any atom is 0.256 e. The molecule has 2 heterocycles. The maximum absolute atomic E-state index is 13.5. The fourth-order valence-corrected chi connectivity index (χ4v) is 4.49. The van der Waals surface area contributed by atoms with Crippen molar-refractivity contribution in [2.75, 3.05) is 5.32 Å². The molecule has 0 saturated carbocycles. The molecule has 38 heavy (non-hydrogen) atoms. The van der Waals surface area contributed by atoms with Gasteiger partial charge in [0.1, 0.15) is 17.3 Å². The highest BCUT2D eigenvalue weighted by atomic mass is 35.5. The van der Waals surface area contributed by atoms with E-state index >= 15 is 0 Å². The molecule has 0 bridgehead atoms. The van der Waals surface area contributed by atoms with Gasteiger partial charge in [0, 0.05) is 30.7 Å². The number of hydrogen-bond acceptors (Lipinski definition) is 5. The van der Waals surface area contributed by atoms with Crippen LogP contribution >= 0.6 is 11.6 Å². The predicted octanol–water partition coefficient (Wildman–Crippen LogP) is 7.01. The van der Waals surface area contributed by atoms with Gasteiger partial charge in [-0.2, -0.15) is 0 Å². The molecule has 5 rings (SSSR count). The SMILES string of the molecule is CC(C)Nc1ncnc2ccc(-c3cccc(CN(Cc4ccccc4)C(=O)c4ccc(Cl)nc4)c3)cc12. The quantitative estimate of drug-likeness (QED) is 0.222. The van der Waals surface area contributed by atoms with E-state index in [0.29, 0.717) is 23.8 Å². The van der Waals surface area contributed by atoms with Crippen LogP contribution in [0.2, 0.25) is 5.15 Å². The number of pyridine rings is 1. The van der Waals surface area contributed by atoms with Gasteiger partial charge in [-0.15, -0.1) is 0 Å². The van der Waals surface area contributed by atoms with Crippen molar-refractivity contribution in [3.05, 3.63) is 119 Å². The molecule has 0 radical (unpaired) electrons. The van der Waals surface area contributed by atoms with Crippen LogP contribution in [-0.2, 0) is 13.1 Å². The van der Waals surface area contributed by atoms with Gasteiger partial charge in [0.15, 0.2) is 0 Å². The third kappa shape index (κ3) is 5.98. The summed E-state index contributed by atoms with van der Waals surface area (Å²) in [5.41, 5.74) is 5.59. The van der Waals surface area contributed by atoms with E-state index in [9.17, 15) is 4.79 Å². The number of carbonyl (C=O) groups is 1. The average Bonchev–Trinajstić information content (AvgIpc) is 2.93. The van der Waals surface area contributed by atoms with Crippen LogP contribution in [0.4, 0.5) is 5.82 Å². The van der Waals surface area contributed by atoms with Crippen LogP contribution in [0.5, 0.6) is 0 Å². The van der Waals surface area contributed by atoms with Crippen LogP contribution in [0.15, 0.2) is 97.5 Å². The fourth-order valence-electron chi connectivity index (χ4n) is 4.38. The smallest absolute Gasteiger partial charge is 0.256 e. The summed E-state index contributed by atoms with van der Waals surface area (Å²) in [7, 11) is 0. The molecule has 0 unspecified atom stereocenters. The molecule has 0 saturated heterocycles. The Labute approximate surface area is 227 Å². The molecular weight excluding hydrogens is 494 g/mol. The highest BCUT2D eigenvalue weighted by Gasteiger charge is 2.18. The molecule has 7 heteroatoms. The summed E-state index contributed by atoms with van der Waals surface area (Å²) in [6.07, 6.45) is 3.11. The van der Waals surface area contributed by atoms with E-state index in [1.54, 1.807) is 18.5 Å². The van der Waals surface area contributed by atoms with Gasteiger partial charge in [-0.05, 0) is 66.4 Å². The molecule has 0 fully saturated rings. The number of hydrogen-bond donors (Lipinski definition) is 1. The van der Waals surface area contributed by atoms with Crippen molar-refractivity contribution in [3.8, 4) is 11.1 Å². The summed E-state index contributed by atoms with van der Waals surface area (Å²) >= 11 is 5.95. The number of nitrogens with one attached hydrogen (secondary N) is 1. The average molecular weight is 522 g/mol. The van der Waals surface area contributed by atoms with Crippen LogP contribution in [0.25, 0.3) is 22.0 Å². The lowest BCUT2D eigenvalue weighted by molar-refractivity contribution is 0.0729. The van der Waals surface area contributed by atoms with Crippen molar-refractivity contribution < 1.29 is 4.79 Å². The number of benzene rings is 3. The first-order chi connectivity index (χ1) is 18.5. The first-order valence-electron chi connectivity index (χ1n) is 12.5. The standard InChI is InChI=1S/C31H28ClN5O/c1-21(2)36-30-27-16-25(11-13-28(27)34-20-35-30)24-10-6-9-23(15-24)19-37(18-22-7-4-3-5-8-22)31(38)26-12-14-29(32)33-17-26/h3-17,20-21H,18-19H2,1-2H3,(H,34,35,36). The van der Waals surface area contributed by atoms with Gasteiger partial charge in [0.05, 0.1) is 11.1 Å². The highest BCUT2D eigenvalue weighted by molar-refractivity contribution is 6.29. The lowest BCUT2D eigenvalue weighted by Crippen LogP contribution is -2.30. The minimum Gasteiger partial charge on any atom is -0.367 e. The molecule has 3 aromatic carbocycles. The summed E-state index contributed by atoms with van der Waals surface area (Å²) in [4.78, 5) is 28.3. The molecule has 0 aliphatic rings. The van der Waals surface area contributed by atoms with E-state index in [1.165, 1.54) is 6.20 Å². The normalized spacial score (nSPS) is 11.1. The molecule has 0 aliphatic heterocycles. The number of amides is 1. The Balaban J connectivity index is 1.46. The van der Waals surface area contributed by atoms with Gasteiger partial charge in [-0.3, -0.25) is 4.79 Å². The molecule has 1 amide bonds. The Bertz CT molecular complexity index is 1550. The van der Waals surface area contributed by atoms with Crippen molar-refractivity contribution in [2.24, 2.45) is 0 Å².